The Hall–Kier alpha value is -0.530. The summed E-state index contributed by atoms with van der Waals surface area (Å²) < 4.78 is 5.98. The minimum atomic E-state index is -0.214. The van der Waals surface area contributed by atoms with Crippen molar-refractivity contribution in [1.29, 1.82) is 0 Å². The topological polar surface area (TPSA) is 65.0 Å². The molecule has 0 radical (unpaired) electrons. The van der Waals surface area contributed by atoms with E-state index in [0.29, 0.717) is 11.3 Å². The van der Waals surface area contributed by atoms with Crippen molar-refractivity contribution in [2.75, 3.05) is 39.9 Å². The lowest BCUT2D eigenvalue weighted by Crippen LogP contribution is -2.46. The van der Waals surface area contributed by atoms with Crippen LogP contribution >= 0.6 is 28.3 Å². The molecule has 1 saturated heterocycles. The maximum atomic E-state index is 10.2. The third-order valence-electron chi connectivity index (χ3n) is 3.41. The molecule has 1 aliphatic rings. The number of hydrogen-bond donors (Lipinski definition) is 3. The van der Waals surface area contributed by atoms with Crippen LogP contribution in [-0.2, 0) is 0 Å². The molecule has 0 unspecified atom stereocenters. The monoisotopic (exact) mass is 366 g/mol. The van der Waals surface area contributed by atoms with Gasteiger partial charge in [-0.25, -0.2) is 0 Å². The number of ether oxygens (including phenoxy) is 1. The Kier molecular flexibility index (Phi) is 7.05. The summed E-state index contributed by atoms with van der Waals surface area (Å²) in [6.07, 6.45) is 0. The number of methoxy groups -OCH3 is 1. The predicted molar refractivity (Wildman–Crippen MR) is 83.9 cm³/mol. The highest BCUT2D eigenvalue weighted by atomic mass is 79.9. The molecule has 1 fully saturated rings. The van der Waals surface area contributed by atoms with E-state index in [2.05, 4.69) is 26.1 Å². The first-order valence-electron chi connectivity index (χ1n) is 6.29. The molecular weight excluding hydrogens is 348 g/mol. The van der Waals surface area contributed by atoms with Gasteiger partial charge >= 0.3 is 0 Å². The van der Waals surface area contributed by atoms with E-state index < -0.39 is 0 Å². The second-order valence-corrected chi connectivity index (χ2v) is 5.45. The van der Waals surface area contributed by atoms with Gasteiger partial charge in [-0.2, -0.15) is 0 Å². The van der Waals surface area contributed by atoms with E-state index in [9.17, 15) is 10.2 Å². The standard InChI is InChI=1S/C13H19BrN2O3.ClH/c1-19-12-7-9(14)6-10(13(12)18)11(8-17)16-4-2-15-3-5-16;/h6-7,11,15,17-18H,2-5,8H2,1H3;1H/t11-;/m0./s1. The first-order valence-corrected chi connectivity index (χ1v) is 7.08. The minimum absolute atomic E-state index is 0. The first-order chi connectivity index (χ1) is 9.17. The lowest BCUT2D eigenvalue weighted by atomic mass is 10.0. The number of phenols is 1. The summed E-state index contributed by atoms with van der Waals surface area (Å²) in [5.41, 5.74) is 0.690. The van der Waals surface area contributed by atoms with Crippen LogP contribution in [0.2, 0.25) is 0 Å². The molecule has 1 aliphatic heterocycles. The summed E-state index contributed by atoms with van der Waals surface area (Å²) in [5.74, 6) is 0.515. The van der Waals surface area contributed by atoms with E-state index in [-0.39, 0.29) is 30.8 Å². The van der Waals surface area contributed by atoms with Gasteiger partial charge in [0.2, 0.25) is 0 Å². The van der Waals surface area contributed by atoms with Gasteiger partial charge in [-0.15, -0.1) is 12.4 Å². The Morgan fingerprint density at radius 2 is 2.05 bits per heavy atom. The van der Waals surface area contributed by atoms with E-state index in [4.69, 9.17) is 4.74 Å². The Morgan fingerprint density at radius 3 is 2.60 bits per heavy atom. The molecule has 3 N–H and O–H groups in total. The van der Waals surface area contributed by atoms with Gasteiger partial charge in [0.15, 0.2) is 11.5 Å². The van der Waals surface area contributed by atoms with Crippen LogP contribution in [0.5, 0.6) is 11.5 Å². The smallest absolute Gasteiger partial charge is 0.162 e. The number of aliphatic hydroxyl groups is 1. The molecule has 20 heavy (non-hydrogen) atoms. The maximum absolute atomic E-state index is 10.2. The van der Waals surface area contributed by atoms with Gasteiger partial charge in [-0.05, 0) is 12.1 Å². The molecule has 1 heterocycles. The molecule has 5 nitrogen and oxygen atoms in total. The zero-order valence-electron chi connectivity index (χ0n) is 11.3. The summed E-state index contributed by atoms with van der Waals surface area (Å²) in [4.78, 5) is 2.16. The molecule has 0 bridgehead atoms. The number of hydrogen-bond acceptors (Lipinski definition) is 5. The molecule has 1 aromatic carbocycles. The Morgan fingerprint density at radius 1 is 1.40 bits per heavy atom. The summed E-state index contributed by atoms with van der Waals surface area (Å²) in [7, 11) is 1.52. The summed E-state index contributed by atoms with van der Waals surface area (Å²) in [6.45, 7) is 3.44. The minimum Gasteiger partial charge on any atom is -0.504 e. The van der Waals surface area contributed by atoms with Crippen molar-refractivity contribution in [3.8, 4) is 11.5 Å². The van der Waals surface area contributed by atoms with E-state index in [0.717, 1.165) is 30.7 Å². The molecule has 2 rings (SSSR count). The molecule has 1 atom stereocenters. The van der Waals surface area contributed by atoms with E-state index in [1.165, 1.54) is 7.11 Å². The first kappa shape index (κ1) is 17.5. The summed E-state index contributed by atoms with van der Waals surface area (Å²) >= 11 is 3.41. The van der Waals surface area contributed by atoms with E-state index in [1.807, 2.05) is 6.07 Å². The van der Waals surface area contributed by atoms with Gasteiger partial charge in [0, 0.05) is 36.2 Å². The second kappa shape index (κ2) is 8.05. The maximum Gasteiger partial charge on any atom is 0.162 e. The number of piperazine rings is 1. The number of aliphatic hydroxyl groups excluding tert-OH is 1. The van der Waals surface area contributed by atoms with Crippen molar-refractivity contribution in [2.45, 2.75) is 6.04 Å². The highest BCUT2D eigenvalue weighted by Crippen LogP contribution is 2.38. The normalized spacial score (nSPS) is 17.4. The van der Waals surface area contributed by atoms with Gasteiger partial charge in [-0.3, -0.25) is 4.90 Å². The average Bonchev–Trinajstić information content (AvgIpc) is 2.44. The summed E-state index contributed by atoms with van der Waals surface area (Å²) in [6, 6.07) is 3.33. The SMILES string of the molecule is COc1cc(Br)cc([C@H](CO)N2CCNCC2)c1O.Cl. The zero-order valence-corrected chi connectivity index (χ0v) is 13.7. The highest BCUT2D eigenvalue weighted by molar-refractivity contribution is 9.10. The molecule has 0 spiro atoms. The molecule has 7 heteroatoms. The number of phenolic OH excluding ortho intramolecular Hbond substituents is 1. The average molecular weight is 368 g/mol. The molecule has 114 valence electrons. The fraction of sp³-hybridized carbons (Fsp3) is 0.538. The fourth-order valence-electron chi connectivity index (χ4n) is 2.41. The van der Waals surface area contributed by atoms with Crippen molar-refractivity contribution >= 4 is 28.3 Å². The second-order valence-electron chi connectivity index (χ2n) is 4.53. The number of nitrogens with zero attached hydrogens (tertiary/aromatic N) is 1. The largest absolute Gasteiger partial charge is 0.504 e. The van der Waals surface area contributed by atoms with Crippen LogP contribution < -0.4 is 10.1 Å². The van der Waals surface area contributed by atoms with Crippen LogP contribution in [0.4, 0.5) is 0 Å². The van der Waals surface area contributed by atoms with Crippen LogP contribution in [0, 0.1) is 0 Å². The lowest BCUT2D eigenvalue weighted by molar-refractivity contribution is 0.108. The molecule has 0 aromatic heterocycles. The van der Waals surface area contributed by atoms with Crippen LogP contribution in [0.15, 0.2) is 16.6 Å². The fourth-order valence-corrected chi connectivity index (χ4v) is 2.86. The molecule has 1 aromatic rings. The number of rotatable bonds is 4. The third kappa shape index (κ3) is 3.77. The van der Waals surface area contributed by atoms with Crippen molar-refractivity contribution < 1.29 is 14.9 Å². The van der Waals surface area contributed by atoms with Gasteiger partial charge < -0.3 is 20.3 Å². The zero-order chi connectivity index (χ0) is 13.8. The van der Waals surface area contributed by atoms with Crippen molar-refractivity contribution in [3.05, 3.63) is 22.2 Å². The van der Waals surface area contributed by atoms with Gasteiger partial charge in [0.05, 0.1) is 19.8 Å². The number of nitrogens with one attached hydrogen (secondary N) is 1. The van der Waals surface area contributed by atoms with Crippen LogP contribution in [0.25, 0.3) is 0 Å². The van der Waals surface area contributed by atoms with Crippen LogP contribution in [0.3, 0.4) is 0 Å². The van der Waals surface area contributed by atoms with Crippen molar-refractivity contribution in [2.24, 2.45) is 0 Å². The lowest BCUT2D eigenvalue weighted by Gasteiger charge is -2.34. The van der Waals surface area contributed by atoms with Crippen molar-refractivity contribution in [1.82, 2.24) is 10.2 Å². The number of halogens is 2. The number of benzene rings is 1. The Labute approximate surface area is 133 Å². The van der Waals surface area contributed by atoms with E-state index in [1.54, 1.807) is 6.07 Å². The quantitative estimate of drug-likeness (QED) is 0.753. The predicted octanol–water partition coefficient (Wildman–Crippen LogP) is 1.52. The van der Waals surface area contributed by atoms with Crippen LogP contribution in [-0.4, -0.2) is 55.0 Å². The molecule has 0 amide bonds. The van der Waals surface area contributed by atoms with Crippen LogP contribution in [0.1, 0.15) is 11.6 Å². The van der Waals surface area contributed by atoms with Gasteiger partial charge in [0.25, 0.3) is 0 Å². The Bertz CT molecular complexity index is 442. The number of aromatic hydroxyl groups is 1. The third-order valence-corrected chi connectivity index (χ3v) is 3.87. The summed E-state index contributed by atoms with van der Waals surface area (Å²) in [5, 5.41) is 23.2. The highest BCUT2D eigenvalue weighted by Gasteiger charge is 2.25. The van der Waals surface area contributed by atoms with E-state index >= 15 is 0 Å². The molecule has 0 saturated carbocycles. The van der Waals surface area contributed by atoms with Crippen molar-refractivity contribution in [3.63, 3.8) is 0 Å². The van der Waals surface area contributed by atoms with Gasteiger partial charge in [0.1, 0.15) is 0 Å². The van der Waals surface area contributed by atoms with Gasteiger partial charge in [-0.1, -0.05) is 15.9 Å². The molecular formula is C13H20BrClN2O3. The molecule has 0 aliphatic carbocycles. The Balaban J connectivity index is 0.00000200.